The summed E-state index contributed by atoms with van der Waals surface area (Å²) in [5.41, 5.74) is 6.37. The van der Waals surface area contributed by atoms with Crippen molar-refractivity contribution in [3.05, 3.63) is 195 Å². The summed E-state index contributed by atoms with van der Waals surface area (Å²) in [5, 5.41) is 9.82. The number of hydrogen-bond acceptors (Lipinski definition) is 5. The first-order valence-electron chi connectivity index (χ1n) is 15.3. The summed E-state index contributed by atoms with van der Waals surface area (Å²) in [6.45, 7) is 1.91. The van der Waals surface area contributed by atoms with Crippen LogP contribution in [0.25, 0.3) is 22.3 Å². The van der Waals surface area contributed by atoms with E-state index in [0.29, 0.717) is 61.2 Å². The van der Waals surface area contributed by atoms with Crippen LogP contribution in [0.1, 0.15) is 59.7 Å². The second-order valence-corrected chi connectivity index (χ2v) is 11.7. The average Bonchev–Trinajstić information content (AvgIpc) is 3.54. The molecule has 0 spiro atoms. The quantitative estimate of drug-likeness (QED) is 0.190. The van der Waals surface area contributed by atoms with Crippen LogP contribution >= 0.6 is 0 Å². The second kappa shape index (κ2) is 12.9. The highest BCUT2D eigenvalue weighted by atomic mass is 19.1. The summed E-state index contributed by atoms with van der Waals surface area (Å²) in [5.74, 6) is -3.31. The van der Waals surface area contributed by atoms with Gasteiger partial charge in [0.15, 0.2) is 11.6 Å². The summed E-state index contributed by atoms with van der Waals surface area (Å²) in [6.07, 6.45) is 6.29. The van der Waals surface area contributed by atoms with Crippen molar-refractivity contribution in [2.75, 3.05) is 0 Å². The fraction of sp³-hybridized carbons (Fsp3) is 0.0244. The first-order valence-corrected chi connectivity index (χ1v) is 15.3. The van der Waals surface area contributed by atoms with Gasteiger partial charge in [-0.05, 0) is 83.8 Å². The molecule has 9 heteroatoms. The number of aryl methyl sites for hydroxylation is 1. The fourth-order valence-electron chi connectivity index (χ4n) is 6.33. The minimum Gasteiger partial charge on any atom is -0.508 e. The second-order valence-electron chi connectivity index (χ2n) is 11.7. The maximum atomic E-state index is 13.8. The number of allylic oxidation sites excluding steroid dienone is 2. The van der Waals surface area contributed by atoms with E-state index in [2.05, 4.69) is 9.97 Å². The third-order valence-electron chi connectivity index (χ3n) is 8.36. The minimum absolute atomic E-state index is 0.0339. The predicted molar refractivity (Wildman–Crippen MR) is 181 cm³/mol. The van der Waals surface area contributed by atoms with Crippen molar-refractivity contribution in [2.45, 2.75) is 6.92 Å². The first-order chi connectivity index (χ1) is 24.1. The number of carbonyl (C=O) groups is 2. The van der Waals surface area contributed by atoms with Crippen molar-refractivity contribution in [1.29, 1.82) is 0 Å². The number of pyridine rings is 2. The van der Waals surface area contributed by atoms with E-state index in [1.165, 1.54) is 48.7 Å². The number of ketones is 2. The number of Topliss-reactive ketones (excluding diaryl/α,β-unsaturated/α-hetero) is 2. The van der Waals surface area contributed by atoms with Crippen LogP contribution in [0, 0.1) is 30.2 Å². The highest BCUT2D eigenvalue weighted by Gasteiger charge is 2.33. The van der Waals surface area contributed by atoms with E-state index in [4.69, 9.17) is 0 Å². The maximum Gasteiger partial charge on any atom is 0.194 e. The Bertz CT molecular complexity index is 2210. The summed E-state index contributed by atoms with van der Waals surface area (Å²) in [7, 11) is 0. The molecule has 5 nitrogen and oxygen atoms in total. The summed E-state index contributed by atoms with van der Waals surface area (Å²) in [6, 6.07) is 23.1. The molecule has 0 radical (unpaired) electrons. The molecule has 0 amide bonds. The molecule has 244 valence electrons. The number of phenols is 1. The number of phenolic OH excluding ortho intramolecular Hbond substituents is 1. The van der Waals surface area contributed by atoms with Gasteiger partial charge in [-0.25, -0.2) is 17.6 Å². The van der Waals surface area contributed by atoms with Crippen LogP contribution in [0.4, 0.5) is 17.6 Å². The van der Waals surface area contributed by atoms with E-state index in [1.54, 1.807) is 48.9 Å². The zero-order chi connectivity index (χ0) is 35.1. The summed E-state index contributed by atoms with van der Waals surface area (Å²) in [4.78, 5) is 34.0. The van der Waals surface area contributed by atoms with Crippen molar-refractivity contribution >= 4 is 33.9 Å². The van der Waals surface area contributed by atoms with Gasteiger partial charge >= 0.3 is 0 Å². The molecule has 4 aromatic carbocycles. The first kappa shape index (κ1) is 32.1. The van der Waals surface area contributed by atoms with Gasteiger partial charge < -0.3 is 5.11 Å². The van der Waals surface area contributed by atoms with Gasteiger partial charge in [0.1, 0.15) is 29.0 Å². The van der Waals surface area contributed by atoms with Crippen molar-refractivity contribution in [3.63, 3.8) is 0 Å². The summed E-state index contributed by atoms with van der Waals surface area (Å²) < 4.78 is 55.1. The molecular formula is C41H24F4N2O3. The van der Waals surface area contributed by atoms with E-state index in [-0.39, 0.29) is 22.9 Å². The number of rotatable bonds is 4. The Labute approximate surface area is 283 Å². The fourth-order valence-corrected chi connectivity index (χ4v) is 6.33. The van der Waals surface area contributed by atoms with E-state index >= 15 is 0 Å². The molecule has 0 saturated heterocycles. The lowest BCUT2D eigenvalue weighted by atomic mass is 9.94. The third-order valence-corrected chi connectivity index (χ3v) is 8.36. The van der Waals surface area contributed by atoms with Crippen LogP contribution in [0.5, 0.6) is 5.75 Å². The Morgan fingerprint density at radius 1 is 0.480 bits per heavy atom. The Balaban J connectivity index is 0.000000157. The highest BCUT2D eigenvalue weighted by molar-refractivity contribution is 6.42. The van der Waals surface area contributed by atoms with E-state index in [1.807, 2.05) is 19.1 Å². The lowest BCUT2D eigenvalue weighted by Gasteiger charge is -2.09. The van der Waals surface area contributed by atoms with Crippen molar-refractivity contribution < 1.29 is 32.3 Å². The molecule has 0 aliphatic heterocycles. The number of benzene rings is 4. The molecule has 0 bridgehead atoms. The predicted octanol–water partition coefficient (Wildman–Crippen LogP) is 9.04. The zero-order valence-electron chi connectivity index (χ0n) is 26.2. The van der Waals surface area contributed by atoms with Gasteiger partial charge in [-0.2, -0.15) is 0 Å². The molecule has 2 aliphatic carbocycles. The smallest absolute Gasteiger partial charge is 0.194 e. The van der Waals surface area contributed by atoms with E-state index in [0.717, 1.165) is 17.7 Å². The molecule has 0 atom stereocenters. The molecule has 6 aromatic rings. The Kier molecular flexibility index (Phi) is 8.25. The topological polar surface area (TPSA) is 80.2 Å². The van der Waals surface area contributed by atoms with Crippen molar-refractivity contribution in [2.24, 2.45) is 0 Å². The number of nitrogens with zero attached hydrogens (tertiary/aromatic N) is 2. The molecular weight excluding hydrogens is 644 g/mol. The van der Waals surface area contributed by atoms with Crippen molar-refractivity contribution in [1.82, 2.24) is 9.97 Å². The van der Waals surface area contributed by atoms with Gasteiger partial charge in [-0.1, -0.05) is 35.9 Å². The lowest BCUT2D eigenvalue weighted by Crippen LogP contribution is -1.99. The monoisotopic (exact) mass is 668 g/mol. The van der Waals surface area contributed by atoms with Crippen LogP contribution in [-0.4, -0.2) is 26.6 Å². The van der Waals surface area contributed by atoms with Gasteiger partial charge in [0, 0.05) is 81.5 Å². The molecule has 0 unspecified atom stereocenters. The van der Waals surface area contributed by atoms with Crippen LogP contribution in [0.3, 0.4) is 0 Å². The van der Waals surface area contributed by atoms with Gasteiger partial charge in [-0.15, -0.1) is 0 Å². The van der Waals surface area contributed by atoms with Gasteiger partial charge in [0.25, 0.3) is 0 Å². The molecule has 1 N–H and O–H groups in total. The molecule has 50 heavy (non-hydrogen) atoms. The maximum absolute atomic E-state index is 13.8. The Morgan fingerprint density at radius 3 is 1.36 bits per heavy atom. The third kappa shape index (κ3) is 5.90. The molecule has 8 rings (SSSR count). The van der Waals surface area contributed by atoms with Crippen LogP contribution in [-0.2, 0) is 0 Å². The van der Waals surface area contributed by atoms with Gasteiger partial charge in [0.2, 0.25) is 0 Å². The number of hydrogen-bond donors (Lipinski definition) is 1. The SMILES string of the molecule is Cc1ccc2c(c1)C(c1cc(F)cc(F)c1)=C(c1cccnc1)C2=O.O=C1C(c2cccnc2)=C(c2cc(F)cc(F)c2)c2cc(O)ccc21. The average molecular weight is 669 g/mol. The summed E-state index contributed by atoms with van der Waals surface area (Å²) >= 11 is 0. The molecule has 0 fully saturated rings. The number of fused-ring (bicyclic) bond motifs is 2. The zero-order valence-corrected chi connectivity index (χ0v) is 26.2. The van der Waals surface area contributed by atoms with Crippen molar-refractivity contribution in [3.8, 4) is 5.75 Å². The normalized spacial score (nSPS) is 13.3. The lowest BCUT2D eigenvalue weighted by molar-refractivity contribution is 0.105. The number of halogens is 4. The van der Waals surface area contributed by atoms with Gasteiger partial charge in [-0.3, -0.25) is 19.6 Å². The Morgan fingerprint density at radius 2 is 0.920 bits per heavy atom. The molecule has 2 heterocycles. The number of aromatic hydroxyl groups is 1. The standard InChI is InChI=1S/C21H13F2NO.C20H11F2NO2/c1-12-4-5-17-18(7-12)19(14-8-15(22)10-16(23)9-14)20(21(17)25)13-3-2-6-24-11-13;21-13-6-12(7-14(22)8-13)18-17-9-15(24)3-4-16(17)20(25)19(18)11-2-1-5-23-10-11/h2-11H,1H3;1-10,24H. The molecule has 0 saturated carbocycles. The van der Waals surface area contributed by atoms with E-state index in [9.17, 15) is 32.3 Å². The van der Waals surface area contributed by atoms with E-state index < -0.39 is 23.3 Å². The molecule has 2 aliphatic rings. The minimum atomic E-state index is -0.742. The number of carbonyl (C=O) groups excluding carboxylic acids is 2. The number of aromatic nitrogens is 2. The van der Waals surface area contributed by atoms with Crippen LogP contribution in [0.15, 0.2) is 122 Å². The highest BCUT2D eigenvalue weighted by Crippen LogP contribution is 2.44. The van der Waals surface area contributed by atoms with Crippen LogP contribution in [0.2, 0.25) is 0 Å². The largest absolute Gasteiger partial charge is 0.508 e. The van der Waals surface area contributed by atoms with Crippen LogP contribution < -0.4 is 0 Å². The Hall–Kier alpha value is -6.48. The van der Waals surface area contributed by atoms with Gasteiger partial charge in [0.05, 0.1) is 0 Å². The molecule has 2 aromatic heterocycles.